The van der Waals surface area contributed by atoms with Crippen LogP contribution >= 0.6 is 0 Å². The van der Waals surface area contributed by atoms with E-state index in [1.54, 1.807) is 7.11 Å². The summed E-state index contributed by atoms with van der Waals surface area (Å²) >= 11 is 0. The molecule has 0 aromatic heterocycles. The van der Waals surface area contributed by atoms with E-state index in [4.69, 9.17) is 0 Å². The number of hydrogen-bond donors (Lipinski definition) is 0. The third-order valence-electron chi connectivity index (χ3n) is 0.204. The summed E-state index contributed by atoms with van der Waals surface area (Å²) in [5.74, 6) is 0. The maximum atomic E-state index is 4.43. The molecule has 0 radical (unpaired) electrons. The van der Waals surface area contributed by atoms with Gasteiger partial charge in [-0.05, 0) is 0 Å². The zero-order valence-corrected chi connectivity index (χ0v) is 8.24. The minimum atomic E-state index is 0. The van der Waals surface area contributed by atoms with Crippen molar-refractivity contribution >= 4 is 0 Å². The van der Waals surface area contributed by atoms with Gasteiger partial charge in [-0.2, -0.15) is 0 Å². The summed E-state index contributed by atoms with van der Waals surface area (Å²) in [5.41, 5.74) is 0. The van der Waals surface area contributed by atoms with Gasteiger partial charge in [0.05, 0.1) is 0 Å². The second kappa shape index (κ2) is 27.7. The third-order valence-corrected chi connectivity index (χ3v) is 0.204. The quantitative estimate of drug-likeness (QED) is 0.551. The fourth-order valence-electron chi connectivity index (χ4n) is 0. The fourth-order valence-corrected chi connectivity index (χ4v) is 0. The van der Waals surface area contributed by atoms with Gasteiger partial charge in [-0.3, -0.25) is 0 Å². The SMILES string of the molecule is [CH2-]COC.[CH3-].[CH3-].[Y+3]. The molecular weight excluding hydrogens is 165 g/mol. The normalized spacial score (nSPS) is 4.29. The second-order valence-corrected chi connectivity index (χ2v) is 0.493. The van der Waals surface area contributed by atoms with E-state index in [-0.39, 0.29) is 47.6 Å². The average molecular weight is 178 g/mol. The van der Waals surface area contributed by atoms with Gasteiger partial charge in [-0.25, -0.2) is 0 Å². The molecule has 0 fully saturated rings. The molecule has 0 saturated heterocycles. The molecule has 0 aromatic rings. The van der Waals surface area contributed by atoms with Crippen LogP contribution in [0.3, 0.4) is 0 Å². The van der Waals surface area contributed by atoms with Gasteiger partial charge in [0.25, 0.3) is 0 Å². The summed E-state index contributed by atoms with van der Waals surface area (Å²) in [6, 6.07) is 0. The van der Waals surface area contributed by atoms with E-state index in [2.05, 4.69) is 11.7 Å². The van der Waals surface area contributed by atoms with E-state index in [1.807, 2.05) is 0 Å². The van der Waals surface area contributed by atoms with E-state index in [9.17, 15) is 0 Å². The van der Waals surface area contributed by atoms with Gasteiger partial charge >= 0.3 is 32.7 Å². The van der Waals surface area contributed by atoms with Crippen LogP contribution in [0, 0.1) is 21.8 Å². The van der Waals surface area contributed by atoms with Gasteiger partial charge < -0.3 is 26.5 Å². The van der Waals surface area contributed by atoms with Crippen molar-refractivity contribution in [2.75, 3.05) is 13.7 Å². The Kier molecular flexibility index (Phi) is 96.3. The summed E-state index contributed by atoms with van der Waals surface area (Å²) in [4.78, 5) is 0. The number of methoxy groups -OCH3 is 1. The predicted octanol–water partition coefficient (Wildman–Crippen LogP) is 1.36. The van der Waals surface area contributed by atoms with E-state index in [1.165, 1.54) is 0 Å². The molecule has 0 aliphatic carbocycles. The molecule has 0 rings (SSSR count). The number of ether oxygens (including phenoxy) is 1. The van der Waals surface area contributed by atoms with Crippen molar-refractivity contribution in [1.82, 2.24) is 0 Å². The Balaban J connectivity index is -0.0000000150. The smallest absolute Gasteiger partial charge is 0.417 e. The first-order valence-electron chi connectivity index (χ1n) is 1.20. The number of rotatable bonds is 1. The van der Waals surface area contributed by atoms with Crippen molar-refractivity contribution < 1.29 is 37.4 Å². The van der Waals surface area contributed by atoms with Gasteiger partial charge in [-0.1, -0.05) is 6.61 Å². The average Bonchev–Trinajstić information content (AvgIpc) is 1.37. The van der Waals surface area contributed by atoms with Crippen LogP contribution in [0.2, 0.25) is 0 Å². The molecular formula is C5H13OY. The molecule has 0 heterocycles. The molecule has 0 saturated carbocycles. The third kappa shape index (κ3) is 42.5. The maximum Gasteiger partial charge on any atom is 3.00 e. The van der Waals surface area contributed by atoms with E-state index < -0.39 is 0 Å². The van der Waals surface area contributed by atoms with E-state index >= 15 is 0 Å². The summed E-state index contributed by atoms with van der Waals surface area (Å²) in [7, 11) is 1.62. The Morgan fingerprint density at radius 3 is 1.57 bits per heavy atom. The molecule has 0 N–H and O–H groups in total. The van der Waals surface area contributed by atoms with Gasteiger partial charge in [-0.15, -0.1) is 0 Å². The fraction of sp³-hybridized carbons (Fsp3) is 0.400. The molecule has 2 heteroatoms. The molecule has 0 aliphatic heterocycles. The van der Waals surface area contributed by atoms with Crippen LogP contribution < -0.4 is 0 Å². The first-order valence-corrected chi connectivity index (χ1v) is 1.20. The van der Waals surface area contributed by atoms with Gasteiger partial charge in [0, 0.05) is 7.11 Å². The van der Waals surface area contributed by atoms with Crippen molar-refractivity contribution in [3.8, 4) is 0 Å². The minimum Gasteiger partial charge on any atom is -0.417 e. The zero-order chi connectivity index (χ0) is 3.41. The molecule has 0 amide bonds. The largest absolute Gasteiger partial charge is 3.00 e. The van der Waals surface area contributed by atoms with Crippen LogP contribution in [0.25, 0.3) is 0 Å². The molecule has 0 aliphatic rings. The monoisotopic (exact) mass is 178 g/mol. The van der Waals surface area contributed by atoms with Crippen LogP contribution in [0.4, 0.5) is 0 Å². The van der Waals surface area contributed by atoms with E-state index in [0.29, 0.717) is 6.61 Å². The first-order chi connectivity index (χ1) is 1.91. The molecule has 42 valence electrons. The molecule has 0 unspecified atom stereocenters. The summed E-state index contributed by atoms with van der Waals surface area (Å²) in [5, 5.41) is 0. The van der Waals surface area contributed by atoms with Crippen molar-refractivity contribution in [2.24, 2.45) is 0 Å². The molecule has 0 aromatic carbocycles. The van der Waals surface area contributed by atoms with Crippen LogP contribution in [0.5, 0.6) is 0 Å². The second-order valence-electron chi connectivity index (χ2n) is 0.493. The summed E-state index contributed by atoms with van der Waals surface area (Å²) in [6.07, 6.45) is 0. The topological polar surface area (TPSA) is 9.23 Å². The summed E-state index contributed by atoms with van der Waals surface area (Å²) < 4.78 is 4.43. The van der Waals surface area contributed by atoms with E-state index in [0.717, 1.165) is 0 Å². The van der Waals surface area contributed by atoms with Crippen molar-refractivity contribution in [3.05, 3.63) is 21.8 Å². The van der Waals surface area contributed by atoms with Gasteiger partial charge in [0.2, 0.25) is 0 Å². The van der Waals surface area contributed by atoms with Crippen molar-refractivity contribution in [1.29, 1.82) is 0 Å². The molecule has 0 spiro atoms. The van der Waals surface area contributed by atoms with Crippen molar-refractivity contribution in [2.45, 2.75) is 0 Å². The molecule has 7 heavy (non-hydrogen) atoms. The van der Waals surface area contributed by atoms with Crippen LogP contribution in [-0.2, 0) is 37.4 Å². The van der Waals surface area contributed by atoms with Crippen LogP contribution in [0.15, 0.2) is 0 Å². The van der Waals surface area contributed by atoms with Crippen LogP contribution in [-0.4, -0.2) is 13.7 Å². The first kappa shape index (κ1) is 24.4. The van der Waals surface area contributed by atoms with Gasteiger partial charge in [0.15, 0.2) is 0 Å². The Labute approximate surface area is 72.7 Å². The molecule has 1 nitrogen and oxygen atoms in total. The Hall–Kier alpha value is 1.06. The predicted molar refractivity (Wildman–Crippen MR) is 30.1 cm³/mol. The Morgan fingerprint density at radius 2 is 1.57 bits per heavy atom. The minimum absolute atomic E-state index is 0. The molecule has 0 bridgehead atoms. The number of hydrogen-bond acceptors (Lipinski definition) is 1. The zero-order valence-electron chi connectivity index (χ0n) is 5.40. The molecule has 0 atom stereocenters. The Bertz CT molecular complexity index is 10.0. The maximum absolute atomic E-state index is 4.43. The Morgan fingerprint density at radius 1 is 1.43 bits per heavy atom. The van der Waals surface area contributed by atoms with Crippen molar-refractivity contribution in [3.63, 3.8) is 0 Å². The van der Waals surface area contributed by atoms with Crippen LogP contribution in [0.1, 0.15) is 0 Å². The summed E-state index contributed by atoms with van der Waals surface area (Å²) in [6.45, 7) is 3.95. The van der Waals surface area contributed by atoms with Gasteiger partial charge in [0.1, 0.15) is 0 Å². The standard InChI is InChI=1S/C3H7O.2CH3.Y/c1-3-4-2;;;/h1,3H2,2H3;2*1H3;/q3*-1;+3.